The van der Waals surface area contributed by atoms with Gasteiger partial charge in [0, 0.05) is 19.7 Å². The molecule has 114 valence electrons. The first-order chi connectivity index (χ1) is 9.38. The van der Waals surface area contributed by atoms with Gasteiger partial charge in [0.15, 0.2) is 0 Å². The van der Waals surface area contributed by atoms with Crippen molar-refractivity contribution in [2.75, 3.05) is 33.5 Å². The zero-order valence-electron chi connectivity index (χ0n) is 11.2. The molecule has 20 heavy (non-hydrogen) atoms. The summed E-state index contributed by atoms with van der Waals surface area (Å²) in [5.74, 6) is -1.72. The number of furan rings is 1. The molecule has 0 amide bonds. The number of nitrogens with one attached hydrogen (secondary N) is 1. The summed E-state index contributed by atoms with van der Waals surface area (Å²) in [4.78, 5) is 10.5. The number of aryl methyl sites for hydroxylation is 1. The van der Waals surface area contributed by atoms with Crippen LogP contribution in [0.15, 0.2) is 15.4 Å². The first kappa shape index (κ1) is 16.6. The Hall–Kier alpha value is -1.42. The second-order valence-corrected chi connectivity index (χ2v) is 5.57. The molecule has 8 nitrogen and oxygen atoms in total. The van der Waals surface area contributed by atoms with Crippen molar-refractivity contribution < 1.29 is 32.2 Å². The number of hydrogen-bond donors (Lipinski definition) is 2. The largest absolute Gasteiger partial charge is 0.475 e. The summed E-state index contributed by atoms with van der Waals surface area (Å²) in [5, 5.41) is 8.74. The van der Waals surface area contributed by atoms with Crippen LogP contribution in [-0.2, 0) is 19.5 Å². The summed E-state index contributed by atoms with van der Waals surface area (Å²) >= 11 is 0. The lowest BCUT2D eigenvalue weighted by molar-refractivity contribution is 0.0661. The molecule has 0 bridgehead atoms. The number of carboxylic acids is 1. The number of hydrogen-bond acceptors (Lipinski definition) is 6. The lowest BCUT2D eigenvalue weighted by atomic mass is 10.4. The standard InChI is InChI=1S/C11H17NO7S/c1-8-10(7-9(19-8)11(13)14)20(15,16)12-3-4-18-6-5-17-2/h7,12H,3-6H2,1-2H3,(H,13,14). The fourth-order valence-corrected chi connectivity index (χ4v) is 2.60. The van der Waals surface area contributed by atoms with Crippen molar-refractivity contribution in [2.45, 2.75) is 11.8 Å². The summed E-state index contributed by atoms with van der Waals surface area (Å²) in [6, 6.07) is 0.978. The molecular formula is C11H17NO7S. The highest BCUT2D eigenvalue weighted by Crippen LogP contribution is 2.19. The Bertz CT molecular complexity index is 549. The lowest BCUT2D eigenvalue weighted by Gasteiger charge is -2.06. The van der Waals surface area contributed by atoms with Crippen LogP contribution in [0.4, 0.5) is 0 Å². The quantitative estimate of drug-likeness (QED) is 0.627. The van der Waals surface area contributed by atoms with E-state index < -0.39 is 21.8 Å². The third-order valence-electron chi connectivity index (χ3n) is 2.34. The van der Waals surface area contributed by atoms with Crippen LogP contribution < -0.4 is 4.72 Å². The van der Waals surface area contributed by atoms with Crippen molar-refractivity contribution >= 4 is 16.0 Å². The minimum absolute atomic E-state index is 0.0233. The summed E-state index contributed by atoms with van der Waals surface area (Å²) in [6.07, 6.45) is 0. The molecule has 0 atom stereocenters. The third kappa shape index (κ3) is 4.60. The fourth-order valence-electron chi connectivity index (χ4n) is 1.41. The zero-order chi connectivity index (χ0) is 15.2. The Balaban J connectivity index is 2.58. The van der Waals surface area contributed by atoms with Gasteiger partial charge in [0.1, 0.15) is 10.7 Å². The number of methoxy groups -OCH3 is 1. The van der Waals surface area contributed by atoms with E-state index in [1.165, 1.54) is 14.0 Å². The Morgan fingerprint density at radius 1 is 1.40 bits per heavy atom. The van der Waals surface area contributed by atoms with Crippen molar-refractivity contribution in [3.63, 3.8) is 0 Å². The van der Waals surface area contributed by atoms with Crippen LogP contribution in [0.3, 0.4) is 0 Å². The molecule has 1 heterocycles. The van der Waals surface area contributed by atoms with Gasteiger partial charge in [-0.3, -0.25) is 0 Å². The second kappa shape index (κ2) is 7.39. The van der Waals surface area contributed by atoms with Gasteiger partial charge in [0.25, 0.3) is 0 Å². The van der Waals surface area contributed by atoms with E-state index >= 15 is 0 Å². The molecule has 0 unspecified atom stereocenters. The highest BCUT2D eigenvalue weighted by atomic mass is 32.2. The Kier molecular flexibility index (Phi) is 6.14. The van der Waals surface area contributed by atoms with Gasteiger partial charge in [-0.15, -0.1) is 0 Å². The van der Waals surface area contributed by atoms with Crippen LogP contribution in [0.1, 0.15) is 16.3 Å². The predicted octanol–water partition coefficient (Wildman–Crippen LogP) is 0.228. The van der Waals surface area contributed by atoms with Gasteiger partial charge in [-0.05, 0) is 6.92 Å². The van der Waals surface area contributed by atoms with Crippen LogP contribution in [0.5, 0.6) is 0 Å². The number of ether oxygens (including phenoxy) is 2. The molecule has 0 fully saturated rings. The maximum absolute atomic E-state index is 11.9. The van der Waals surface area contributed by atoms with E-state index in [2.05, 4.69) is 4.72 Å². The maximum atomic E-state index is 11.9. The normalized spacial score (nSPS) is 11.7. The van der Waals surface area contributed by atoms with E-state index in [9.17, 15) is 13.2 Å². The fraction of sp³-hybridized carbons (Fsp3) is 0.545. The van der Waals surface area contributed by atoms with E-state index in [0.29, 0.717) is 13.2 Å². The molecule has 0 saturated heterocycles. The Labute approximate surface area is 116 Å². The molecule has 1 aromatic rings. The number of carbonyl (C=O) groups is 1. The van der Waals surface area contributed by atoms with Gasteiger partial charge in [-0.25, -0.2) is 17.9 Å². The van der Waals surface area contributed by atoms with Crippen molar-refractivity contribution in [3.8, 4) is 0 Å². The van der Waals surface area contributed by atoms with Gasteiger partial charge in [0.05, 0.1) is 19.8 Å². The van der Waals surface area contributed by atoms with Crippen molar-refractivity contribution in [1.82, 2.24) is 4.72 Å². The summed E-state index contributed by atoms with van der Waals surface area (Å²) in [6.45, 7) is 2.43. The molecule has 0 spiro atoms. The first-order valence-corrected chi connectivity index (χ1v) is 7.27. The van der Waals surface area contributed by atoms with Crippen molar-refractivity contribution in [3.05, 3.63) is 17.6 Å². The smallest absolute Gasteiger partial charge is 0.371 e. The van der Waals surface area contributed by atoms with E-state index in [1.807, 2.05) is 0 Å². The van der Waals surface area contributed by atoms with Crippen LogP contribution in [0.2, 0.25) is 0 Å². The zero-order valence-corrected chi connectivity index (χ0v) is 12.0. The molecule has 1 rings (SSSR count). The minimum Gasteiger partial charge on any atom is -0.475 e. The second-order valence-electron chi connectivity index (χ2n) is 3.84. The third-order valence-corrected chi connectivity index (χ3v) is 3.91. The molecule has 1 aromatic heterocycles. The average molecular weight is 307 g/mol. The van der Waals surface area contributed by atoms with Crippen LogP contribution in [-0.4, -0.2) is 53.0 Å². The van der Waals surface area contributed by atoms with Gasteiger partial charge >= 0.3 is 5.97 Å². The number of aromatic carboxylic acids is 1. The van der Waals surface area contributed by atoms with Gasteiger partial charge < -0.3 is 19.0 Å². The van der Waals surface area contributed by atoms with E-state index in [0.717, 1.165) is 6.07 Å². The summed E-state index contributed by atoms with van der Waals surface area (Å²) in [5.41, 5.74) is 0. The predicted molar refractivity (Wildman–Crippen MR) is 68.3 cm³/mol. The molecule has 9 heteroatoms. The SMILES string of the molecule is COCCOCCNS(=O)(=O)c1cc(C(=O)O)oc1C. The summed E-state index contributed by atoms with van der Waals surface area (Å²) < 4.78 is 40.9. The van der Waals surface area contributed by atoms with Crippen molar-refractivity contribution in [1.29, 1.82) is 0 Å². The Morgan fingerprint density at radius 2 is 2.10 bits per heavy atom. The summed E-state index contributed by atoms with van der Waals surface area (Å²) in [7, 11) is -2.28. The van der Waals surface area contributed by atoms with E-state index in [-0.39, 0.29) is 23.8 Å². The average Bonchev–Trinajstić information content (AvgIpc) is 2.77. The maximum Gasteiger partial charge on any atom is 0.371 e. The van der Waals surface area contributed by atoms with Crippen molar-refractivity contribution in [2.24, 2.45) is 0 Å². The molecule has 0 saturated carbocycles. The first-order valence-electron chi connectivity index (χ1n) is 5.78. The molecule has 0 aliphatic rings. The lowest BCUT2D eigenvalue weighted by Crippen LogP contribution is -2.28. The van der Waals surface area contributed by atoms with Crippen LogP contribution >= 0.6 is 0 Å². The van der Waals surface area contributed by atoms with E-state index in [4.69, 9.17) is 19.0 Å². The molecule has 0 radical (unpaired) electrons. The minimum atomic E-state index is -3.81. The molecular weight excluding hydrogens is 290 g/mol. The molecule has 0 aliphatic carbocycles. The van der Waals surface area contributed by atoms with E-state index in [1.54, 1.807) is 0 Å². The molecule has 2 N–H and O–H groups in total. The monoisotopic (exact) mass is 307 g/mol. The number of sulfonamides is 1. The van der Waals surface area contributed by atoms with Crippen LogP contribution in [0.25, 0.3) is 0 Å². The highest BCUT2D eigenvalue weighted by molar-refractivity contribution is 7.89. The molecule has 0 aliphatic heterocycles. The molecule has 0 aromatic carbocycles. The number of rotatable bonds is 9. The highest BCUT2D eigenvalue weighted by Gasteiger charge is 2.23. The Morgan fingerprint density at radius 3 is 2.65 bits per heavy atom. The topological polar surface area (TPSA) is 115 Å². The van der Waals surface area contributed by atoms with Gasteiger partial charge in [0.2, 0.25) is 15.8 Å². The van der Waals surface area contributed by atoms with Gasteiger partial charge in [-0.1, -0.05) is 0 Å². The van der Waals surface area contributed by atoms with Crippen LogP contribution in [0, 0.1) is 6.92 Å². The van der Waals surface area contributed by atoms with Gasteiger partial charge in [-0.2, -0.15) is 0 Å². The number of carboxylic acid groups (broad SMARTS) is 1.